The van der Waals surface area contributed by atoms with Gasteiger partial charge in [-0.05, 0) is 110 Å². The fourth-order valence-corrected chi connectivity index (χ4v) is 12.6. The maximum absolute atomic E-state index is 14.7. The number of hydrogen-bond acceptors (Lipinski definition) is 4. The molecule has 6 aliphatic rings. The highest BCUT2D eigenvalue weighted by Crippen LogP contribution is 2.75. The molecule has 1 amide bonds. The molecule has 1 aromatic rings. The number of nitrogen functional groups attached to an aromatic ring is 1. The Bertz CT molecular complexity index is 1440. The third-order valence-corrected chi connectivity index (χ3v) is 15.1. The SMILES string of the molecule is C=CN1CCC(C(=O)[C@]23CCC(C)(C)CC2C2=CCC4[C@@]5(C)Cc6c(N)n[nH]c6C(C)(C)C5CC[C@@]4(C)[C@]2(C)CC3)C1=O. The largest absolute Gasteiger partial charge is 0.382 e. The van der Waals surface area contributed by atoms with Crippen LogP contribution in [0.2, 0.25) is 0 Å². The van der Waals surface area contributed by atoms with Gasteiger partial charge in [-0.25, -0.2) is 0 Å². The van der Waals surface area contributed by atoms with E-state index in [4.69, 9.17) is 5.73 Å². The standard InChI is InChI=1S/C37H54N4O2/c1-9-41-19-13-22(31(41)43)29(42)37-17-15-32(2,3)21-25(37)24-10-11-27-34(6)20-23-28(39-40-30(23)38)33(4,5)26(34)12-14-36(27,8)35(24,7)16-18-37/h9-10,22,25-27H,1,11-21H2,2-8H3,(H3,38,39,40)/t22?,25?,26?,27?,34-,35+,36+,37-/m0/s1. The number of carbonyl (C=O) groups excluding carboxylic acids is 2. The van der Waals surface area contributed by atoms with E-state index < -0.39 is 11.3 Å². The van der Waals surface area contributed by atoms with Crippen LogP contribution in [0.4, 0.5) is 5.82 Å². The summed E-state index contributed by atoms with van der Waals surface area (Å²) in [5, 5.41) is 7.83. The van der Waals surface area contributed by atoms with E-state index >= 15 is 0 Å². The van der Waals surface area contributed by atoms with Crippen LogP contribution in [0.5, 0.6) is 0 Å². The average Bonchev–Trinajstić information content (AvgIpc) is 3.50. The molecule has 5 aliphatic carbocycles. The summed E-state index contributed by atoms with van der Waals surface area (Å²) in [4.78, 5) is 29.7. The number of carbonyl (C=O) groups is 2. The van der Waals surface area contributed by atoms with Gasteiger partial charge in [-0.2, -0.15) is 5.10 Å². The molecule has 0 radical (unpaired) electrons. The first-order chi connectivity index (χ1) is 20.1. The molecule has 8 atom stereocenters. The van der Waals surface area contributed by atoms with Gasteiger partial charge in [-0.1, -0.05) is 66.7 Å². The number of anilines is 1. The third-order valence-electron chi connectivity index (χ3n) is 15.1. The van der Waals surface area contributed by atoms with Gasteiger partial charge in [0.25, 0.3) is 0 Å². The molecule has 6 nitrogen and oxygen atoms in total. The maximum atomic E-state index is 14.7. The van der Waals surface area contributed by atoms with E-state index in [-0.39, 0.29) is 44.7 Å². The number of allylic oxidation sites excluding steroid dienone is 2. The number of Topliss-reactive ketones (excluding diaryl/α,β-unsaturated/α-hetero) is 1. The molecule has 0 bridgehead atoms. The normalized spacial score (nSPS) is 44.3. The van der Waals surface area contributed by atoms with Crippen molar-refractivity contribution < 1.29 is 9.59 Å². The zero-order valence-electron chi connectivity index (χ0n) is 27.7. The minimum absolute atomic E-state index is 0.00610. The second kappa shape index (κ2) is 8.88. The second-order valence-electron chi connectivity index (χ2n) is 17.7. The number of likely N-dealkylation sites (tertiary alicyclic amines) is 1. The number of H-pyrrole nitrogens is 1. The number of nitrogens with one attached hydrogen (secondary N) is 1. The van der Waals surface area contributed by atoms with E-state index in [1.807, 2.05) is 0 Å². The van der Waals surface area contributed by atoms with E-state index in [1.54, 1.807) is 16.7 Å². The first-order valence-electron chi connectivity index (χ1n) is 17.1. The Morgan fingerprint density at radius 1 is 1.05 bits per heavy atom. The molecule has 1 aliphatic heterocycles. The minimum atomic E-state index is -0.507. The van der Waals surface area contributed by atoms with Crippen LogP contribution in [-0.2, 0) is 21.4 Å². The van der Waals surface area contributed by atoms with Crippen molar-refractivity contribution in [3.05, 3.63) is 35.7 Å². The predicted octanol–water partition coefficient (Wildman–Crippen LogP) is 7.37. The van der Waals surface area contributed by atoms with Crippen molar-refractivity contribution >= 4 is 17.5 Å². The molecule has 3 saturated carbocycles. The predicted molar refractivity (Wildman–Crippen MR) is 171 cm³/mol. The Hall–Kier alpha value is -2.37. The number of aromatic amines is 1. The molecule has 1 aromatic heterocycles. The number of amides is 1. The molecule has 2 heterocycles. The number of nitrogens with zero attached hydrogens (tertiary/aromatic N) is 2. The third kappa shape index (κ3) is 3.56. The van der Waals surface area contributed by atoms with Gasteiger partial charge in [-0.15, -0.1) is 0 Å². The van der Waals surface area contributed by atoms with Gasteiger partial charge in [-0.3, -0.25) is 14.7 Å². The summed E-state index contributed by atoms with van der Waals surface area (Å²) < 4.78 is 0. The number of ketones is 1. The van der Waals surface area contributed by atoms with Crippen LogP contribution < -0.4 is 5.73 Å². The monoisotopic (exact) mass is 586 g/mol. The minimum Gasteiger partial charge on any atom is -0.382 e. The van der Waals surface area contributed by atoms with Crippen LogP contribution >= 0.6 is 0 Å². The number of hydrogen-bond donors (Lipinski definition) is 2. The summed E-state index contributed by atoms with van der Waals surface area (Å²) in [5.41, 5.74) is 10.6. The van der Waals surface area contributed by atoms with Crippen molar-refractivity contribution in [3.8, 4) is 0 Å². The molecule has 43 heavy (non-hydrogen) atoms. The van der Waals surface area contributed by atoms with Crippen LogP contribution in [0.1, 0.15) is 118 Å². The van der Waals surface area contributed by atoms with Crippen LogP contribution in [-0.4, -0.2) is 33.3 Å². The quantitative estimate of drug-likeness (QED) is 0.286. The van der Waals surface area contributed by atoms with E-state index in [1.165, 1.54) is 24.1 Å². The van der Waals surface area contributed by atoms with E-state index in [0.717, 1.165) is 44.9 Å². The van der Waals surface area contributed by atoms with Gasteiger partial charge >= 0.3 is 0 Å². The lowest BCUT2D eigenvalue weighted by Crippen LogP contribution is -2.65. The second-order valence-corrected chi connectivity index (χ2v) is 17.7. The zero-order chi connectivity index (χ0) is 31.0. The highest BCUT2D eigenvalue weighted by molar-refractivity contribution is 6.06. The van der Waals surface area contributed by atoms with E-state index in [2.05, 4.69) is 71.3 Å². The molecular weight excluding hydrogens is 532 g/mol. The Labute approximate surface area is 258 Å². The summed E-state index contributed by atoms with van der Waals surface area (Å²) in [6, 6.07) is 0. The van der Waals surface area contributed by atoms with Gasteiger partial charge in [0.15, 0.2) is 5.78 Å². The summed E-state index contributed by atoms with van der Waals surface area (Å²) >= 11 is 0. The van der Waals surface area contributed by atoms with Gasteiger partial charge in [0, 0.05) is 28.6 Å². The van der Waals surface area contributed by atoms with Crippen molar-refractivity contribution in [2.45, 2.75) is 118 Å². The average molecular weight is 587 g/mol. The lowest BCUT2D eigenvalue weighted by atomic mass is 9.33. The molecular formula is C37H54N4O2. The molecule has 234 valence electrons. The molecule has 3 N–H and O–H groups in total. The summed E-state index contributed by atoms with van der Waals surface area (Å²) in [6.45, 7) is 21.8. The summed E-state index contributed by atoms with van der Waals surface area (Å²) in [5.74, 6) is 1.69. The lowest BCUT2D eigenvalue weighted by molar-refractivity contribution is -0.169. The number of nitrogens with two attached hydrogens (primary N) is 1. The van der Waals surface area contributed by atoms with Crippen LogP contribution in [0.3, 0.4) is 0 Å². The molecule has 1 saturated heterocycles. The van der Waals surface area contributed by atoms with E-state index in [0.29, 0.717) is 30.6 Å². The van der Waals surface area contributed by atoms with Gasteiger partial charge < -0.3 is 10.6 Å². The topological polar surface area (TPSA) is 92.1 Å². The van der Waals surface area contributed by atoms with Crippen molar-refractivity contribution in [2.24, 2.45) is 50.7 Å². The number of rotatable bonds is 3. The fourth-order valence-electron chi connectivity index (χ4n) is 12.6. The Morgan fingerprint density at radius 3 is 2.47 bits per heavy atom. The van der Waals surface area contributed by atoms with Gasteiger partial charge in [0.2, 0.25) is 5.91 Å². The Balaban J connectivity index is 1.31. The van der Waals surface area contributed by atoms with Gasteiger partial charge in [0.1, 0.15) is 5.82 Å². The van der Waals surface area contributed by atoms with E-state index in [9.17, 15) is 9.59 Å². The fraction of sp³-hybridized carbons (Fsp3) is 0.757. The Morgan fingerprint density at radius 2 is 1.77 bits per heavy atom. The first-order valence-corrected chi connectivity index (χ1v) is 17.1. The molecule has 4 unspecified atom stereocenters. The smallest absolute Gasteiger partial charge is 0.237 e. The molecule has 0 spiro atoms. The van der Waals surface area contributed by atoms with Crippen LogP contribution in [0.15, 0.2) is 24.4 Å². The summed E-state index contributed by atoms with van der Waals surface area (Å²) in [7, 11) is 0. The molecule has 0 aromatic carbocycles. The highest BCUT2D eigenvalue weighted by Gasteiger charge is 2.69. The zero-order valence-corrected chi connectivity index (χ0v) is 27.7. The highest BCUT2D eigenvalue weighted by atomic mass is 16.2. The van der Waals surface area contributed by atoms with Gasteiger partial charge in [0.05, 0.1) is 5.92 Å². The van der Waals surface area contributed by atoms with Crippen molar-refractivity contribution in [3.63, 3.8) is 0 Å². The van der Waals surface area contributed by atoms with Crippen molar-refractivity contribution in [2.75, 3.05) is 12.3 Å². The molecule has 7 rings (SSSR count). The summed E-state index contributed by atoms with van der Waals surface area (Å²) in [6.07, 6.45) is 14.3. The lowest BCUT2D eigenvalue weighted by Gasteiger charge is -2.70. The van der Waals surface area contributed by atoms with Crippen molar-refractivity contribution in [1.82, 2.24) is 15.1 Å². The Kier molecular flexibility index (Phi) is 6.06. The van der Waals surface area contributed by atoms with Crippen LogP contribution in [0, 0.1) is 50.7 Å². The molecule has 6 heteroatoms. The number of aromatic nitrogens is 2. The first kappa shape index (κ1) is 29.3. The van der Waals surface area contributed by atoms with Crippen LogP contribution in [0.25, 0.3) is 0 Å². The number of fused-ring (bicyclic) bond motifs is 8. The van der Waals surface area contributed by atoms with Crippen molar-refractivity contribution in [1.29, 1.82) is 0 Å². The maximum Gasteiger partial charge on any atom is 0.237 e. The molecule has 4 fully saturated rings.